The third kappa shape index (κ3) is 2.12. The van der Waals surface area contributed by atoms with E-state index in [0.717, 1.165) is 31.6 Å². The van der Waals surface area contributed by atoms with E-state index in [0.29, 0.717) is 16.3 Å². The van der Waals surface area contributed by atoms with Crippen LogP contribution >= 0.6 is 15.9 Å². The van der Waals surface area contributed by atoms with Gasteiger partial charge in [0.05, 0.1) is 12.4 Å². The normalized spacial score (nSPS) is 26.6. The van der Waals surface area contributed by atoms with Gasteiger partial charge in [0.1, 0.15) is 6.10 Å². The Balaban J connectivity index is 2.04. The molecule has 1 saturated carbocycles. The standard InChI is InChI=1S/C13H21BrN2O/c1-4-13(5-2)11(14)7-12(13)17-10-8-15-16(6-3)9-10/h8-9,11-12H,4-7H2,1-3H3. The highest BCUT2D eigenvalue weighted by Gasteiger charge is 2.53. The highest BCUT2D eigenvalue weighted by Crippen LogP contribution is 2.52. The molecule has 1 aliphatic rings. The van der Waals surface area contributed by atoms with Gasteiger partial charge in [0.15, 0.2) is 5.75 Å². The van der Waals surface area contributed by atoms with Crippen LogP contribution in [0.3, 0.4) is 0 Å². The Bertz CT molecular complexity index is 373. The summed E-state index contributed by atoms with van der Waals surface area (Å²) in [5, 5.41) is 4.24. The fourth-order valence-corrected chi connectivity index (χ4v) is 4.04. The van der Waals surface area contributed by atoms with Crippen LogP contribution in [-0.4, -0.2) is 20.7 Å². The number of hydrogen-bond acceptors (Lipinski definition) is 2. The lowest BCUT2D eigenvalue weighted by Gasteiger charge is -2.52. The molecule has 0 N–H and O–H groups in total. The first-order valence-electron chi connectivity index (χ1n) is 6.49. The third-order valence-corrected chi connectivity index (χ3v) is 5.50. The molecular weight excluding hydrogens is 280 g/mol. The van der Waals surface area contributed by atoms with E-state index >= 15 is 0 Å². The molecule has 2 unspecified atom stereocenters. The van der Waals surface area contributed by atoms with Gasteiger partial charge in [-0.05, 0) is 26.2 Å². The molecular formula is C13H21BrN2O. The molecule has 17 heavy (non-hydrogen) atoms. The summed E-state index contributed by atoms with van der Waals surface area (Å²) < 4.78 is 7.99. The Morgan fingerprint density at radius 1 is 1.47 bits per heavy atom. The van der Waals surface area contributed by atoms with Crippen molar-refractivity contribution in [2.75, 3.05) is 0 Å². The minimum absolute atomic E-state index is 0.300. The van der Waals surface area contributed by atoms with Crippen molar-refractivity contribution in [3.63, 3.8) is 0 Å². The Morgan fingerprint density at radius 3 is 2.65 bits per heavy atom. The summed E-state index contributed by atoms with van der Waals surface area (Å²) >= 11 is 3.78. The van der Waals surface area contributed by atoms with Gasteiger partial charge in [-0.2, -0.15) is 5.10 Å². The van der Waals surface area contributed by atoms with Crippen LogP contribution in [0.1, 0.15) is 40.0 Å². The molecule has 1 fully saturated rings. The van der Waals surface area contributed by atoms with Gasteiger partial charge in [-0.1, -0.05) is 29.8 Å². The molecule has 0 amide bonds. The molecule has 4 heteroatoms. The lowest BCUT2D eigenvalue weighted by molar-refractivity contribution is -0.0411. The molecule has 0 spiro atoms. The molecule has 0 bridgehead atoms. The van der Waals surface area contributed by atoms with Crippen molar-refractivity contribution in [1.82, 2.24) is 9.78 Å². The first-order chi connectivity index (χ1) is 8.16. The zero-order chi connectivity index (χ0) is 12.5. The molecule has 2 rings (SSSR count). The second kappa shape index (κ2) is 5.01. The molecule has 96 valence electrons. The van der Waals surface area contributed by atoms with Gasteiger partial charge in [0, 0.05) is 16.8 Å². The van der Waals surface area contributed by atoms with Crippen LogP contribution in [0.15, 0.2) is 12.4 Å². The zero-order valence-electron chi connectivity index (χ0n) is 10.8. The maximum absolute atomic E-state index is 6.09. The monoisotopic (exact) mass is 300 g/mol. The maximum atomic E-state index is 6.09. The topological polar surface area (TPSA) is 27.1 Å². The fourth-order valence-electron chi connectivity index (χ4n) is 2.76. The average Bonchev–Trinajstić information content (AvgIpc) is 2.78. The van der Waals surface area contributed by atoms with Gasteiger partial charge in [-0.3, -0.25) is 4.68 Å². The quantitative estimate of drug-likeness (QED) is 0.777. The molecule has 2 atom stereocenters. The summed E-state index contributed by atoms with van der Waals surface area (Å²) in [4.78, 5) is 0.594. The number of alkyl halides is 1. The molecule has 0 saturated heterocycles. The molecule has 1 aromatic rings. The third-order valence-electron chi connectivity index (χ3n) is 4.21. The lowest BCUT2D eigenvalue weighted by Crippen LogP contribution is -2.56. The van der Waals surface area contributed by atoms with E-state index in [1.807, 2.05) is 17.1 Å². The Kier molecular flexibility index (Phi) is 3.81. The Morgan fingerprint density at radius 2 is 2.18 bits per heavy atom. The summed E-state index contributed by atoms with van der Waals surface area (Å²) in [6.07, 6.45) is 7.55. The number of rotatable bonds is 5. The number of ether oxygens (including phenoxy) is 1. The van der Waals surface area contributed by atoms with Crippen LogP contribution in [0, 0.1) is 5.41 Å². The first kappa shape index (κ1) is 12.9. The predicted octanol–water partition coefficient (Wildman–Crippen LogP) is 3.62. The van der Waals surface area contributed by atoms with E-state index in [9.17, 15) is 0 Å². The largest absolute Gasteiger partial charge is 0.486 e. The van der Waals surface area contributed by atoms with E-state index in [1.165, 1.54) is 0 Å². The van der Waals surface area contributed by atoms with Crippen LogP contribution in [0.2, 0.25) is 0 Å². The molecule has 1 aromatic heterocycles. The van der Waals surface area contributed by atoms with Crippen molar-refractivity contribution in [2.45, 2.75) is 57.5 Å². The minimum Gasteiger partial charge on any atom is -0.486 e. The summed E-state index contributed by atoms with van der Waals surface area (Å²) in [7, 11) is 0. The van der Waals surface area contributed by atoms with E-state index in [2.05, 4.69) is 41.8 Å². The van der Waals surface area contributed by atoms with Gasteiger partial charge in [-0.25, -0.2) is 0 Å². The van der Waals surface area contributed by atoms with Crippen LogP contribution in [0.25, 0.3) is 0 Å². The van der Waals surface area contributed by atoms with Crippen LogP contribution in [0.4, 0.5) is 0 Å². The van der Waals surface area contributed by atoms with Crippen molar-refractivity contribution in [3.05, 3.63) is 12.4 Å². The fraction of sp³-hybridized carbons (Fsp3) is 0.769. The average molecular weight is 301 g/mol. The number of nitrogens with zero attached hydrogens (tertiary/aromatic N) is 2. The van der Waals surface area contributed by atoms with E-state index in [4.69, 9.17) is 4.74 Å². The summed E-state index contributed by atoms with van der Waals surface area (Å²) in [5.74, 6) is 0.905. The van der Waals surface area contributed by atoms with Crippen LogP contribution in [-0.2, 0) is 6.54 Å². The van der Waals surface area contributed by atoms with E-state index < -0.39 is 0 Å². The molecule has 1 aliphatic carbocycles. The van der Waals surface area contributed by atoms with E-state index in [1.54, 1.807) is 0 Å². The predicted molar refractivity (Wildman–Crippen MR) is 72.7 cm³/mol. The molecule has 0 aromatic carbocycles. The van der Waals surface area contributed by atoms with Crippen molar-refractivity contribution in [3.8, 4) is 5.75 Å². The summed E-state index contributed by atoms with van der Waals surface area (Å²) in [5.41, 5.74) is 0.300. The number of aromatic nitrogens is 2. The summed E-state index contributed by atoms with van der Waals surface area (Å²) in [6, 6.07) is 0. The van der Waals surface area contributed by atoms with Crippen LogP contribution < -0.4 is 4.74 Å². The van der Waals surface area contributed by atoms with Crippen molar-refractivity contribution in [2.24, 2.45) is 5.41 Å². The molecule has 3 nitrogen and oxygen atoms in total. The van der Waals surface area contributed by atoms with Gasteiger partial charge in [0.25, 0.3) is 0 Å². The van der Waals surface area contributed by atoms with Crippen LogP contribution in [0.5, 0.6) is 5.75 Å². The Hall–Kier alpha value is -0.510. The van der Waals surface area contributed by atoms with Crippen molar-refractivity contribution >= 4 is 15.9 Å². The zero-order valence-corrected chi connectivity index (χ0v) is 12.4. The highest BCUT2D eigenvalue weighted by molar-refractivity contribution is 9.09. The van der Waals surface area contributed by atoms with Gasteiger partial charge in [-0.15, -0.1) is 0 Å². The van der Waals surface area contributed by atoms with Crippen molar-refractivity contribution < 1.29 is 4.74 Å². The minimum atomic E-state index is 0.300. The van der Waals surface area contributed by atoms with Crippen molar-refractivity contribution in [1.29, 1.82) is 0 Å². The highest BCUT2D eigenvalue weighted by atomic mass is 79.9. The maximum Gasteiger partial charge on any atom is 0.157 e. The lowest BCUT2D eigenvalue weighted by atomic mass is 9.62. The number of hydrogen-bond donors (Lipinski definition) is 0. The molecule has 1 heterocycles. The molecule has 0 aliphatic heterocycles. The molecule has 0 radical (unpaired) electrons. The smallest absolute Gasteiger partial charge is 0.157 e. The summed E-state index contributed by atoms with van der Waals surface area (Å²) in [6.45, 7) is 7.48. The SMILES string of the molecule is CCn1cc(OC2CC(Br)C2(CC)CC)cn1. The van der Waals surface area contributed by atoms with Gasteiger partial charge < -0.3 is 4.74 Å². The van der Waals surface area contributed by atoms with E-state index in [-0.39, 0.29) is 0 Å². The second-order valence-corrected chi connectivity index (χ2v) is 5.89. The second-order valence-electron chi connectivity index (χ2n) is 4.78. The number of aryl methyl sites for hydroxylation is 1. The van der Waals surface area contributed by atoms with Gasteiger partial charge >= 0.3 is 0 Å². The van der Waals surface area contributed by atoms with Gasteiger partial charge in [0.2, 0.25) is 0 Å². The first-order valence-corrected chi connectivity index (χ1v) is 7.41. The number of halogens is 1. The Labute approximate surface area is 112 Å².